The Morgan fingerprint density at radius 3 is 2.50 bits per heavy atom. The highest BCUT2D eigenvalue weighted by atomic mass is 16.6. The van der Waals surface area contributed by atoms with Crippen LogP contribution < -0.4 is 20.1 Å². The molecule has 0 unspecified atom stereocenters. The summed E-state index contributed by atoms with van der Waals surface area (Å²) < 4.78 is 11.1. The first kappa shape index (κ1) is 15.7. The number of benzene rings is 2. The lowest BCUT2D eigenvalue weighted by Gasteiger charge is -2.19. The van der Waals surface area contributed by atoms with Gasteiger partial charge in [0.05, 0.1) is 11.3 Å². The summed E-state index contributed by atoms with van der Waals surface area (Å²) in [5.74, 6) is 2.65. The van der Waals surface area contributed by atoms with Gasteiger partial charge in [0, 0.05) is 17.8 Å². The number of nitrogens with one attached hydrogen (secondary N) is 2. The molecule has 0 amide bonds. The van der Waals surface area contributed by atoms with Crippen LogP contribution in [0.5, 0.6) is 11.5 Å². The molecule has 0 aliphatic carbocycles. The van der Waals surface area contributed by atoms with Gasteiger partial charge < -0.3 is 20.1 Å². The third-order valence-electron chi connectivity index (χ3n) is 3.79. The quantitative estimate of drug-likeness (QED) is 0.746. The van der Waals surface area contributed by atoms with E-state index in [0.717, 1.165) is 11.4 Å². The maximum absolute atomic E-state index is 9.19. The molecule has 0 saturated carbocycles. The van der Waals surface area contributed by atoms with E-state index in [1.165, 1.54) is 6.33 Å². The van der Waals surface area contributed by atoms with E-state index in [9.17, 15) is 5.26 Å². The molecule has 128 valence electrons. The molecule has 7 nitrogen and oxygen atoms in total. The number of anilines is 4. The first-order valence-electron chi connectivity index (χ1n) is 8.07. The van der Waals surface area contributed by atoms with Crippen molar-refractivity contribution in [1.29, 1.82) is 5.26 Å². The highest BCUT2D eigenvalue weighted by molar-refractivity contribution is 5.68. The van der Waals surface area contributed by atoms with Crippen LogP contribution in [0, 0.1) is 11.3 Å². The molecule has 26 heavy (non-hydrogen) atoms. The van der Waals surface area contributed by atoms with Crippen molar-refractivity contribution in [2.24, 2.45) is 0 Å². The molecule has 1 aromatic heterocycles. The topological polar surface area (TPSA) is 92.1 Å². The molecule has 7 heteroatoms. The molecule has 0 atom stereocenters. The second-order valence-electron chi connectivity index (χ2n) is 5.55. The summed E-state index contributed by atoms with van der Waals surface area (Å²) in [5.41, 5.74) is 2.07. The van der Waals surface area contributed by atoms with E-state index in [1.54, 1.807) is 12.1 Å². The van der Waals surface area contributed by atoms with Gasteiger partial charge in [-0.05, 0) is 24.3 Å². The molecule has 3 aromatic rings. The van der Waals surface area contributed by atoms with Crippen LogP contribution in [0.3, 0.4) is 0 Å². The van der Waals surface area contributed by atoms with Crippen molar-refractivity contribution in [3.63, 3.8) is 0 Å². The monoisotopic (exact) mass is 345 g/mol. The molecule has 2 aromatic carbocycles. The number of nitriles is 1. The van der Waals surface area contributed by atoms with E-state index in [4.69, 9.17) is 9.47 Å². The van der Waals surface area contributed by atoms with Crippen molar-refractivity contribution >= 4 is 23.0 Å². The normalized spacial score (nSPS) is 12.1. The van der Waals surface area contributed by atoms with Crippen LogP contribution in [-0.4, -0.2) is 23.2 Å². The lowest BCUT2D eigenvalue weighted by atomic mass is 10.2. The van der Waals surface area contributed by atoms with Crippen molar-refractivity contribution < 1.29 is 9.47 Å². The Bertz CT molecular complexity index is 984. The summed E-state index contributed by atoms with van der Waals surface area (Å²) >= 11 is 0. The number of ether oxygens (including phenoxy) is 2. The Kier molecular flexibility index (Phi) is 4.23. The second-order valence-corrected chi connectivity index (χ2v) is 5.55. The Hall–Kier alpha value is -3.79. The summed E-state index contributed by atoms with van der Waals surface area (Å²) in [5, 5.41) is 15.5. The van der Waals surface area contributed by atoms with Crippen LogP contribution in [0.1, 0.15) is 5.56 Å². The number of hydrogen-bond acceptors (Lipinski definition) is 7. The summed E-state index contributed by atoms with van der Waals surface area (Å²) in [6.45, 7) is 1.10. The lowest BCUT2D eigenvalue weighted by molar-refractivity contribution is 0.171. The van der Waals surface area contributed by atoms with Crippen LogP contribution in [0.25, 0.3) is 0 Å². The number of rotatable bonds is 4. The SMILES string of the molecule is N#Cc1ccccc1Nc1cc(Nc2ccc3c(c2)OCCO3)ncn1. The van der Waals surface area contributed by atoms with Gasteiger partial charge in [0.2, 0.25) is 0 Å². The summed E-state index contributed by atoms with van der Waals surface area (Å²) in [4.78, 5) is 8.44. The van der Waals surface area contributed by atoms with Crippen molar-refractivity contribution in [2.75, 3.05) is 23.8 Å². The number of para-hydroxylation sites is 1. The average Bonchev–Trinajstić information content (AvgIpc) is 2.69. The molecular weight excluding hydrogens is 330 g/mol. The van der Waals surface area contributed by atoms with Gasteiger partial charge in [0.15, 0.2) is 11.5 Å². The molecule has 2 heterocycles. The predicted molar refractivity (Wildman–Crippen MR) is 97.2 cm³/mol. The van der Waals surface area contributed by atoms with Gasteiger partial charge in [0.25, 0.3) is 0 Å². The standard InChI is InChI=1S/C19H15N5O2/c20-11-13-3-1-2-4-15(13)24-19-10-18(21-12-22-19)23-14-5-6-16-17(9-14)26-8-7-25-16/h1-6,9-10,12H,7-8H2,(H2,21,22,23,24). The van der Waals surface area contributed by atoms with Crippen LogP contribution in [0.2, 0.25) is 0 Å². The number of aromatic nitrogens is 2. The molecule has 1 aliphatic rings. The van der Waals surface area contributed by atoms with E-state index in [2.05, 4.69) is 26.7 Å². The van der Waals surface area contributed by atoms with E-state index in [0.29, 0.717) is 41.8 Å². The summed E-state index contributed by atoms with van der Waals surface area (Å²) in [6.07, 6.45) is 1.46. The Balaban J connectivity index is 1.54. The van der Waals surface area contributed by atoms with Crippen molar-refractivity contribution in [2.45, 2.75) is 0 Å². The maximum atomic E-state index is 9.19. The first-order chi connectivity index (χ1) is 12.8. The van der Waals surface area contributed by atoms with Crippen molar-refractivity contribution in [1.82, 2.24) is 9.97 Å². The molecule has 0 bridgehead atoms. The third-order valence-corrected chi connectivity index (χ3v) is 3.79. The highest BCUT2D eigenvalue weighted by Crippen LogP contribution is 2.33. The van der Waals surface area contributed by atoms with Gasteiger partial charge in [-0.15, -0.1) is 0 Å². The first-order valence-corrected chi connectivity index (χ1v) is 8.07. The zero-order chi connectivity index (χ0) is 17.8. The Labute approximate surface area is 150 Å². The molecule has 0 fully saturated rings. The van der Waals surface area contributed by atoms with Crippen LogP contribution in [0.15, 0.2) is 54.9 Å². The van der Waals surface area contributed by atoms with E-state index < -0.39 is 0 Å². The second kappa shape index (κ2) is 6.99. The van der Waals surface area contributed by atoms with Crippen molar-refractivity contribution in [3.05, 3.63) is 60.4 Å². The van der Waals surface area contributed by atoms with Crippen molar-refractivity contribution in [3.8, 4) is 17.6 Å². The van der Waals surface area contributed by atoms with Crippen LogP contribution in [-0.2, 0) is 0 Å². The van der Waals surface area contributed by atoms with Crippen LogP contribution in [0.4, 0.5) is 23.0 Å². The lowest BCUT2D eigenvalue weighted by Crippen LogP contribution is -2.15. The molecule has 0 saturated heterocycles. The van der Waals surface area contributed by atoms with Gasteiger partial charge >= 0.3 is 0 Å². The Morgan fingerprint density at radius 2 is 1.65 bits per heavy atom. The zero-order valence-corrected chi connectivity index (χ0v) is 13.8. The summed E-state index contributed by atoms with van der Waals surface area (Å²) in [6, 6.07) is 16.8. The molecule has 1 aliphatic heterocycles. The van der Waals surface area contributed by atoms with Gasteiger partial charge in [-0.25, -0.2) is 9.97 Å². The van der Waals surface area contributed by atoms with E-state index >= 15 is 0 Å². The largest absolute Gasteiger partial charge is 0.486 e. The fourth-order valence-electron chi connectivity index (χ4n) is 2.59. The third kappa shape index (κ3) is 3.35. The molecule has 0 radical (unpaired) electrons. The van der Waals surface area contributed by atoms with Gasteiger partial charge in [-0.2, -0.15) is 5.26 Å². The molecule has 4 rings (SSSR count). The predicted octanol–water partition coefficient (Wildman–Crippen LogP) is 3.61. The minimum absolute atomic E-state index is 0.538. The number of nitrogens with zero attached hydrogens (tertiary/aromatic N) is 3. The van der Waals surface area contributed by atoms with Gasteiger partial charge in [0.1, 0.15) is 37.2 Å². The highest BCUT2D eigenvalue weighted by Gasteiger charge is 2.12. The van der Waals surface area contributed by atoms with E-state index in [1.807, 2.05) is 36.4 Å². The smallest absolute Gasteiger partial charge is 0.163 e. The Morgan fingerprint density at radius 1 is 0.885 bits per heavy atom. The van der Waals surface area contributed by atoms with Crippen LogP contribution >= 0.6 is 0 Å². The fourth-order valence-corrected chi connectivity index (χ4v) is 2.59. The van der Waals surface area contributed by atoms with Gasteiger partial charge in [-0.1, -0.05) is 12.1 Å². The number of fused-ring (bicyclic) bond motifs is 1. The van der Waals surface area contributed by atoms with Gasteiger partial charge in [-0.3, -0.25) is 0 Å². The molecular formula is C19H15N5O2. The fraction of sp³-hybridized carbons (Fsp3) is 0.105. The molecule has 2 N–H and O–H groups in total. The zero-order valence-electron chi connectivity index (χ0n) is 13.8. The number of hydrogen-bond donors (Lipinski definition) is 2. The minimum Gasteiger partial charge on any atom is -0.486 e. The maximum Gasteiger partial charge on any atom is 0.163 e. The summed E-state index contributed by atoms with van der Waals surface area (Å²) in [7, 11) is 0. The molecule has 0 spiro atoms. The average molecular weight is 345 g/mol. The minimum atomic E-state index is 0.538. The van der Waals surface area contributed by atoms with E-state index in [-0.39, 0.29) is 0 Å².